The van der Waals surface area contributed by atoms with Crippen molar-refractivity contribution in [2.75, 3.05) is 0 Å². The van der Waals surface area contributed by atoms with E-state index < -0.39 is 23.0 Å². The second-order valence-corrected chi connectivity index (χ2v) is 9.42. The third-order valence-electron chi connectivity index (χ3n) is 8.43. The first-order valence-electron chi connectivity index (χ1n) is 9.22. The fourth-order valence-electron chi connectivity index (χ4n) is 7.14. The van der Waals surface area contributed by atoms with E-state index in [-0.39, 0.29) is 34.7 Å². The molecule has 132 valence electrons. The molecule has 0 aromatic heterocycles. The van der Waals surface area contributed by atoms with Crippen molar-refractivity contribution in [2.45, 2.75) is 65.1 Å². The van der Waals surface area contributed by atoms with Gasteiger partial charge >= 0.3 is 0 Å². The Balaban J connectivity index is 1.88. The van der Waals surface area contributed by atoms with Gasteiger partial charge in [0.25, 0.3) is 0 Å². The van der Waals surface area contributed by atoms with Crippen molar-refractivity contribution in [3.8, 4) is 0 Å². The normalized spacial score (nSPS) is 52.9. The number of ketones is 2. The van der Waals surface area contributed by atoms with Gasteiger partial charge in [-0.05, 0) is 48.5 Å². The lowest BCUT2D eigenvalue weighted by molar-refractivity contribution is -0.222. The molecule has 4 nitrogen and oxygen atoms in total. The Labute approximate surface area is 143 Å². The fraction of sp³-hybridized carbons (Fsp3) is 0.800. The van der Waals surface area contributed by atoms with E-state index >= 15 is 0 Å². The Morgan fingerprint density at radius 2 is 1.75 bits per heavy atom. The first-order chi connectivity index (χ1) is 11.1. The van der Waals surface area contributed by atoms with E-state index in [1.54, 1.807) is 0 Å². The van der Waals surface area contributed by atoms with Crippen LogP contribution in [0.25, 0.3) is 0 Å². The van der Waals surface area contributed by atoms with Crippen molar-refractivity contribution < 1.29 is 19.8 Å². The van der Waals surface area contributed by atoms with Gasteiger partial charge in [0.05, 0.1) is 17.6 Å². The molecule has 0 aromatic rings. The molecule has 4 saturated carbocycles. The summed E-state index contributed by atoms with van der Waals surface area (Å²) in [6, 6.07) is 0. The van der Waals surface area contributed by atoms with Crippen molar-refractivity contribution in [3.63, 3.8) is 0 Å². The largest absolute Gasteiger partial charge is 0.392 e. The first kappa shape index (κ1) is 16.5. The molecule has 0 heterocycles. The number of carbonyl (C=O) groups excluding carboxylic acids is 2. The number of Topliss-reactive ketones (excluding diaryl/α,β-unsaturated/α-hetero) is 2. The van der Waals surface area contributed by atoms with E-state index in [4.69, 9.17) is 0 Å². The molecule has 1 spiro atoms. The molecule has 4 heteroatoms. The van der Waals surface area contributed by atoms with Gasteiger partial charge in [-0.25, -0.2) is 0 Å². The predicted molar refractivity (Wildman–Crippen MR) is 89.0 cm³/mol. The third kappa shape index (κ3) is 1.53. The molecule has 4 rings (SSSR count). The van der Waals surface area contributed by atoms with E-state index in [0.29, 0.717) is 18.4 Å². The number of hydrogen-bond donors (Lipinski definition) is 2. The van der Waals surface area contributed by atoms with E-state index in [2.05, 4.69) is 13.5 Å². The van der Waals surface area contributed by atoms with Crippen molar-refractivity contribution in [1.82, 2.24) is 0 Å². The second kappa shape index (κ2) is 4.59. The molecule has 4 aliphatic rings. The fourth-order valence-corrected chi connectivity index (χ4v) is 7.14. The Morgan fingerprint density at radius 3 is 2.42 bits per heavy atom. The Kier molecular flexibility index (Phi) is 3.15. The number of aliphatic hydroxyl groups excluding tert-OH is 2. The lowest BCUT2D eigenvalue weighted by atomic mass is 9.39. The van der Waals surface area contributed by atoms with Gasteiger partial charge in [-0.15, -0.1) is 0 Å². The summed E-state index contributed by atoms with van der Waals surface area (Å²) < 4.78 is 0. The molecule has 0 aliphatic heterocycles. The summed E-state index contributed by atoms with van der Waals surface area (Å²) in [5.41, 5.74) is -1.29. The highest BCUT2D eigenvalue weighted by Gasteiger charge is 2.74. The van der Waals surface area contributed by atoms with E-state index in [1.165, 1.54) is 0 Å². The van der Waals surface area contributed by atoms with E-state index in [0.717, 1.165) is 19.3 Å². The monoisotopic (exact) mass is 332 g/mol. The maximum atomic E-state index is 13.1. The molecule has 0 aromatic carbocycles. The summed E-state index contributed by atoms with van der Waals surface area (Å²) >= 11 is 0. The number of rotatable bonds is 0. The molecular weight excluding hydrogens is 304 g/mol. The average molecular weight is 332 g/mol. The summed E-state index contributed by atoms with van der Waals surface area (Å²) in [6.07, 6.45) is 1.53. The SMILES string of the molecule is C=C1C(=O)[C@]23[C@H](CC[C@H]1[C@@H]2O)[C@@]1(C)CCC(=O)C(C)(C)[C@@H]1C[C@@H]3O. The molecule has 24 heavy (non-hydrogen) atoms. The first-order valence-corrected chi connectivity index (χ1v) is 9.22. The number of fused-ring (bicyclic) bond motifs is 3. The highest BCUT2D eigenvalue weighted by atomic mass is 16.3. The molecule has 0 saturated heterocycles. The van der Waals surface area contributed by atoms with Crippen molar-refractivity contribution >= 4 is 11.6 Å². The van der Waals surface area contributed by atoms with Crippen LogP contribution in [0.4, 0.5) is 0 Å². The minimum Gasteiger partial charge on any atom is -0.392 e. The van der Waals surface area contributed by atoms with Crippen LogP contribution >= 0.6 is 0 Å². The molecule has 7 atom stereocenters. The summed E-state index contributed by atoms with van der Waals surface area (Å²) in [5, 5.41) is 22.1. The van der Waals surface area contributed by atoms with Crippen molar-refractivity contribution in [2.24, 2.45) is 34.0 Å². The van der Waals surface area contributed by atoms with Gasteiger partial charge in [0.1, 0.15) is 5.78 Å². The number of hydrogen-bond acceptors (Lipinski definition) is 4. The minimum absolute atomic E-state index is 0.0438. The molecular formula is C20H28O4. The standard InChI is InChI=1S/C20H28O4/c1-10-11-5-6-12-19(4)8-7-14(21)18(2,3)13(19)9-15(22)20(12,16(10)23)17(11)24/h11-13,15,17,22,24H,1,5-9H2,2-4H3/t11-,12-,13+,15+,17+,19-,20-/m1/s1. The predicted octanol–water partition coefficient (Wildman–Crippen LogP) is 2.28. The molecule has 0 unspecified atom stereocenters. The van der Waals surface area contributed by atoms with Gasteiger partial charge in [-0.1, -0.05) is 27.4 Å². The maximum Gasteiger partial charge on any atom is 0.170 e. The highest BCUT2D eigenvalue weighted by Crippen LogP contribution is 2.70. The van der Waals surface area contributed by atoms with Crippen LogP contribution in [0.1, 0.15) is 52.9 Å². The van der Waals surface area contributed by atoms with Gasteiger partial charge in [0.15, 0.2) is 5.78 Å². The Hall–Kier alpha value is -1.00. The zero-order valence-corrected chi connectivity index (χ0v) is 14.8. The lowest BCUT2D eigenvalue weighted by Crippen LogP contribution is -2.67. The number of aliphatic hydroxyl groups is 2. The zero-order valence-electron chi connectivity index (χ0n) is 14.8. The van der Waals surface area contributed by atoms with Crippen LogP contribution < -0.4 is 0 Å². The molecule has 4 fully saturated rings. The van der Waals surface area contributed by atoms with Gasteiger partial charge in [0, 0.05) is 17.8 Å². The quantitative estimate of drug-likeness (QED) is 0.667. The van der Waals surface area contributed by atoms with Crippen LogP contribution in [-0.4, -0.2) is 34.0 Å². The summed E-state index contributed by atoms with van der Waals surface area (Å²) in [7, 11) is 0. The number of carbonyl (C=O) groups is 2. The highest BCUT2D eigenvalue weighted by molar-refractivity contribution is 6.04. The smallest absolute Gasteiger partial charge is 0.170 e. The van der Waals surface area contributed by atoms with Crippen LogP contribution in [-0.2, 0) is 9.59 Å². The topological polar surface area (TPSA) is 74.6 Å². The molecule has 2 bridgehead atoms. The van der Waals surface area contributed by atoms with Crippen LogP contribution in [0, 0.1) is 34.0 Å². The summed E-state index contributed by atoms with van der Waals surface area (Å²) in [5.74, 6) is -0.109. The molecule has 0 radical (unpaired) electrons. The van der Waals surface area contributed by atoms with Crippen LogP contribution in [0.5, 0.6) is 0 Å². The minimum atomic E-state index is -1.10. The van der Waals surface area contributed by atoms with Crippen LogP contribution in [0.3, 0.4) is 0 Å². The third-order valence-corrected chi connectivity index (χ3v) is 8.43. The van der Waals surface area contributed by atoms with E-state index in [1.807, 2.05) is 13.8 Å². The van der Waals surface area contributed by atoms with Gasteiger partial charge in [-0.3, -0.25) is 9.59 Å². The van der Waals surface area contributed by atoms with Gasteiger partial charge in [0.2, 0.25) is 0 Å². The lowest BCUT2D eigenvalue weighted by Gasteiger charge is -2.64. The average Bonchev–Trinajstić information content (AvgIpc) is 2.64. The summed E-state index contributed by atoms with van der Waals surface area (Å²) in [6.45, 7) is 10.1. The second-order valence-electron chi connectivity index (χ2n) is 9.42. The van der Waals surface area contributed by atoms with E-state index in [9.17, 15) is 19.8 Å². The Morgan fingerprint density at radius 1 is 1.08 bits per heavy atom. The van der Waals surface area contributed by atoms with Crippen LogP contribution in [0.2, 0.25) is 0 Å². The van der Waals surface area contributed by atoms with Crippen molar-refractivity contribution in [1.29, 1.82) is 0 Å². The molecule has 0 amide bonds. The molecule has 4 aliphatic carbocycles. The summed E-state index contributed by atoms with van der Waals surface area (Å²) in [4.78, 5) is 25.6. The van der Waals surface area contributed by atoms with Gasteiger partial charge in [-0.2, -0.15) is 0 Å². The zero-order chi connectivity index (χ0) is 17.7. The van der Waals surface area contributed by atoms with Gasteiger partial charge < -0.3 is 10.2 Å². The maximum absolute atomic E-state index is 13.1. The Bertz CT molecular complexity index is 650. The van der Waals surface area contributed by atoms with Crippen molar-refractivity contribution in [3.05, 3.63) is 12.2 Å². The molecule has 2 N–H and O–H groups in total. The van der Waals surface area contributed by atoms with Crippen LogP contribution in [0.15, 0.2) is 12.2 Å².